The van der Waals surface area contributed by atoms with E-state index in [-0.39, 0.29) is 23.5 Å². The molecule has 216 valence electrons. The molecule has 0 aliphatic carbocycles. The maximum Gasteiger partial charge on any atom is 0.293 e. The highest BCUT2D eigenvalue weighted by atomic mass is 16.3. The molecule has 0 radical (unpaired) electrons. The van der Waals surface area contributed by atoms with Crippen LogP contribution in [0.1, 0.15) is 29.9 Å². The van der Waals surface area contributed by atoms with Crippen molar-refractivity contribution in [1.29, 1.82) is 0 Å². The molecular weight excluding hydrogens is 540 g/mol. The fourth-order valence-electron chi connectivity index (χ4n) is 6.17. The molecule has 9 nitrogen and oxygen atoms in total. The van der Waals surface area contributed by atoms with Gasteiger partial charge in [-0.1, -0.05) is 42.5 Å². The van der Waals surface area contributed by atoms with Gasteiger partial charge in [0.15, 0.2) is 5.82 Å². The summed E-state index contributed by atoms with van der Waals surface area (Å²) in [4.78, 5) is 31.5. The average Bonchev–Trinajstić information content (AvgIpc) is 3.43. The Morgan fingerprint density at radius 3 is 2.51 bits per heavy atom. The first-order valence-corrected chi connectivity index (χ1v) is 14.5. The van der Waals surface area contributed by atoms with Gasteiger partial charge in [0.25, 0.3) is 11.1 Å². The normalized spacial score (nSPS) is 14.0. The molecular formula is C34H32N6O3. The fourth-order valence-corrected chi connectivity index (χ4v) is 6.17. The monoisotopic (exact) mass is 572 g/mol. The molecule has 3 aromatic heterocycles. The van der Waals surface area contributed by atoms with E-state index in [9.17, 15) is 14.7 Å². The molecule has 1 saturated heterocycles. The highest BCUT2D eigenvalue weighted by molar-refractivity contribution is 5.87. The Bertz CT molecular complexity index is 2090. The standard InChI is InChI=1S/C34H32N6O3/c1-38-20-28(37-32(34(38)43)36-25-11-9-22(10-12-25)23-13-15-35-16-14-23)26-6-4-8-30(27(26)21-41)40-18-17-39-29-7-3-2-5-24(29)19-31(39)33(40)42/h2-12,17-20,23,35,41H,13-16,21H2,1H3,(H,36,37). The highest BCUT2D eigenvalue weighted by Crippen LogP contribution is 2.29. The van der Waals surface area contributed by atoms with Crippen molar-refractivity contribution in [1.82, 2.24) is 23.8 Å². The van der Waals surface area contributed by atoms with Crippen molar-refractivity contribution in [2.24, 2.45) is 7.05 Å². The number of para-hydroxylation sites is 1. The lowest BCUT2D eigenvalue weighted by Crippen LogP contribution is -2.26. The molecule has 3 aromatic carbocycles. The van der Waals surface area contributed by atoms with E-state index in [4.69, 9.17) is 4.98 Å². The van der Waals surface area contributed by atoms with E-state index < -0.39 is 0 Å². The van der Waals surface area contributed by atoms with Gasteiger partial charge in [-0.3, -0.25) is 14.2 Å². The summed E-state index contributed by atoms with van der Waals surface area (Å²) < 4.78 is 4.91. The number of aryl methyl sites for hydroxylation is 1. The first-order valence-electron chi connectivity index (χ1n) is 14.5. The molecule has 1 aliphatic rings. The molecule has 0 bridgehead atoms. The predicted molar refractivity (Wildman–Crippen MR) is 169 cm³/mol. The summed E-state index contributed by atoms with van der Waals surface area (Å²) in [5.74, 6) is 0.723. The number of aliphatic hydroxyl groups is 1. The van der Waals surface area contributed by atoms with Crippen LogP contribution in [0.4, 0.5) is 11.5 Å². The van der Waals surface area contributed by atoms with Crippen LogP contribution < -0.4 is 21.8 Å². The Balaban J connectivity index is 1.26. The van der Waals surface area contributed by atoms with Crippen molar-refractivity contribution >= 4 is 27.9 Å². The van der Waals surface area contributed by atoms with Gasteiger partial charge in [0, 0.05) is 47.8 Å². The van der Waals surface area contributed by atoms with Crippen molar-refractivity contribution in [3.05, 3.63) is 123 Å². The van der Waals surface area contributed by atoms with Crippen molar-refractivity contribution in [2.75, 3.05) is 18.4 Å². The Hall–Kier alpha value is -4.99. The Kier molecular flexibility index (Phi) is 6.89. The summed E-state index contributed by atoms with van der Waals surface area (Å²) in [6.45, 7) is 1.74. The smallest absolute Gasteiger partial charge is 0.293 e. The van der Waals surface area contributed by atoms with Crippen molar-refractivity contribution in [2.45, 2.75) is 25.4 Å². The van der Waals surface area contributed by atoms with Crippen LogP contribution in [-0.2, 0) is 13.7 Å². The van der Waals surface area contributed by atoms with Gasteiger partial charge in [0.05, 0.1) is 23.5 Å². The maximum atomic E-state index is 13.7. The van der Waals surface area contributed by atoms with E-state index in [1.165, 1.54) is 10.1 Å². The van der Waals surface area contributed by atoms with Gasteiger partial charge >= 0.3 is 0 Å². The Morgan fingerprint density at radius 2 is 1.72 bits per heavy atom. The molecule has 6 aromatic rings. The van der Waals surface area contributed by atoms with Crippen LogP contribution in [-0.4, -0.2) is 36.7 Å². The molecule has 9 heteroatoms. The number of hydrogen-bond acceptors (Lipinski definition) is 6. The lowest BCUT2D eigenvalue weighted by Gasteiger charge is -2.23. The zero-order chi connectivity index (χ0) is 29.5. The predicted octanol–water partition coefficient (Wildman–Crippen LogP) is 4.71. The van der Waals surface area contributed by atoms with Crippen molar-refractivity contribution in [3.8, 4) is 16.9 Å². The number of nitrogens with zero attached hydrogens (tertiary/aromatic N) is 4. The first-order chi connectivity index (χ1) is 21.0. The summed E-state index contributed by atoms with van der Waals surface area (Å²) in [7, 11) is 1.68. The van der Waals surface area contributed by atoms with Crippen LogP contribution in [0.2, 0.25) is 0 Å². The zero-order valence-corrected chi connectivity index (χ0v) is 23.8. The number of fused-ring (bicyclic) bond motifs is 3. The number of piperidine rings is 1. The lowest BCUT2D eigenvalue weighted by molar-refractivity contribution is 0.282. The van der Waals surface area contributed by atoms with Crippen molar-refractivity contribution in [3.63, 3.8) is 0 Å². The quantitative estimate of drug-likeness (QED) is 0.267. The largest absolute Gasteiger partial charge is 0.392 e. The van der Waals surface area contributed by atoms with Gasteiger partial charge < -0.3 is 24.7 Å². The minimum Gasteiger partial charge on any atom is -0.392 e. The van der Waals surface area contributed by atoms with E-state index in [0.29, 0.717) is 33.9 Å². The number of hydrogen-bond donors (Lipinski definition) is 3. The van der Waals surface area contributed by atoms with Gasteiger partial charge in [0.1, 0.15) is 5.52 Å². The van der Waals surface area contributed by atoms with E-state index in [1.54, 1.807) is 30.1 Å². The van der Waals surface area contributed by atoms with Gasteiger partial charge in [-0.25, -0.2) is 4.98 Å². The minimum absolute atomic E-state index is 0.183. The minimum atomic E-state index is -0.322. The number of benzene rings is 3. The van der Waals surface area contributed by atoms with Crippen LogP contribution in [0.3, 0.4) is 0 Å². The maximum absolute atomic E-state index is 13.7. The summed E-state index contributed by atoms with van der Waals surface area (Å²) in [5, 5.41) is 18.1. The number of anilines is 2. The third kappa shape index (κ3) is 4.82. The lowest BCUT2D eigenvalue weighted by atomic mass is 9.90. The number of rotatable bonds is 6. The third-order valence-electron chi connectivity index (χ3n) is 8.45. The first kappa shape index (κ1) is 26.9. The van der Waals surface area contributed by atoms with Gasteiger partial charge in [-0.15, -0.1) is 0 Å². The van der Waals surface area contributed by atoms with E-state index in [2.05, 4.69) is 22.8 Å². The van der Waals surface area contributed by atoms with Crippen LogP contribution >= 0.6 is 0 Å². The number of aromatic nitrogens is 4. The molecule has 0 saturated carbocycles. The topological polar surface area (TPSA) is 106 Å². The molecule has 0 unspecified atom stereocenters. The molecule has 7 rings (SSSR count). The van der Waals surface area contributed by atoms with Crippen LogP contribution in [0.5, 0.6) is 0 Å². The highest BCUT2D eigenvalue weighted by Gasteiger charge is 2.18. The van der Waals surface area contributed by atoms with Crippen LogP contribution in [0.15, 0.2) is 101 Å². The van der Waals surface area contributed by atoms with Gasteiger partial charge in [0.2, 0.25) is 0 Å². The van der Waals surface area contributed by atoms with E-state index >= 15 is 0 Å². The summed E-state index contributed by atoms with van der Waals surface area (Å²) in [6.07, 6.45) is 7.46. The summed E-state index contributed by atoms with van der Waals surface area (Å²) in [5.41, 5.74) is 5.32. The summed E-state index contributed by atoms with van der Waals surface area (Å²) >= 11 is 0. The molecule has 4 heterocycles. The SMILES string of the molecule is Cn1cc(-c2cccc(-n3ccn4c(cc5ccccc54)c3=O)c2CO)nc(Nc2ccc(C3CCNCC3)cc2)c1=O. The van der Waals surface area contributed by atoms with Crippen molar-refractivity contribution < 1.29 is 5.11 Å². The Morgan fingerprint density at radius 1 is 0.930 bits per heavy atom. The van der Waals surface area contributed by atoms with Gasteiger partial charge in [-0.2, -0.15) is 0 Å². The van der Waals surface area contributed by atoms with Crippen LogP contribution in [0.25, 0.3) is 33.4 Å². The van der Waals surface area contributed by atoms with E-state index in [1.807, 2.05) is 65.2 Å². The summed E-state index contributed by atoms with van der Waals surface area (Å²) in [6, 6.07) is 23.4. The molecule has 0 atom stereocenters. The van der Waals surface area contributed by atoms with Crippen LogP contribution in [0, 0.1) is 0 Å². The molecule has 1 fully saturated rings. The number of nitrogens with one attached hydrogen (secondary N) is 2. The van der Waals surface area contributed by atoms with Gasteiger partial charge in [-0.05, 0) is 67.7 Å². The molecule has 3 N–H and O–H groups in total. The Labute approximate surface area is 247 Å². The molecule has 43 heavy (non-hydrogen) atoms. The number of aliphatic hydroxyl groups excluding tert-OH is 1. The second-order valence-corrected chi connectivity index (χ2v) is 11.1. The van der Waals surface area contributed by atoms with E-state index in [0.717, 1.165) is 42.5 Å². The molecule has 1 aliphatic heterocycles. The fraction of sp³-hybridized carbons (Fsp3) is 0.206. The average molecular weight is 573 g/mol. The molecule has 0 amide bonds. The second-order valence-electron chi connectivity index (χ2n) is 11.1. The second kappa shape index (κ2) is 11.0. The third-order valence-corrected chi connectivity index (χ3v) is 8.45. The zero-order valence-electron chi connectivity index (χ0n) is 23.8. The molecule has 0 spiro atoms.